The maximum Gasteiger partial charge on any atom is 0.227 e. The summed E-state index contributed by atoms with van der Waals surface area (Å²) >= 11 is 1.78. The van der Waals surface area contributed by atoms with Gasteiger partial charge in [0.05, 0.1) is 6.54 Å². The Bertz CT molecular complexity index is 753. The van der Waals surface area contributed by atoms with Gasteiger partial charge >= 0.3 is 0 Å². The van der Waals surface area contributed by atoms with E-state index in [4.69, 9.17) is 0 Å². The number of guanidine groups is 1. The quantitative estimate of drug-likeness (QED) is 0.479. The molecule has 1 amide bonds. The number of hydrogen-bond donors (Lipinski definition) is 3. The minimum atomic E-state index is 0.144. The summed E-state index contributed by atoms with van der Waals surface area (Å²) in [6, 6.07) is 12.2. The average Bonchev–Trinajstić information content (AvgIpc) is 3.12. The van der Waals surface area contributed by atoms with Gasteiger partial charge in [0.1, 0.15) is 0 Å². The molecule has 6 heteroatoms. The highest BCUT2D eigenvalue weighted by atomic mass is 32.1. The fourth-order valence-electron chi connectivity index (χ4n) is 2.93. The molecule has 0 aliphatic heterocycles. The molecule has 1 heterocycles. The number of hydrogen-bond acceptors (Lipinski definition) is 3. The predicted molar refractivity (Wildman–Crippen MR) is 113 cm³/mol. The van der Waals surface area contributed by atoms with Gasteiger partial charge in [0.15, 0.2) is 5.96 Å². The topological polar surface area (TPSA) is 65.5 Å². The van der Waals surface area contributed by atoms with Crippen molar-refractivity contribution >= 4 is 28.9 Å². The van der Waals surface area contributed by atoms with Crippen LogP contribution in [0.15, 0.2) is 46.8 Å². The van der Waals surface area contributed by atoms with Crippen LogP contribution in [0.1, 0.15) is 36.6 Å². The minimum absolute atomic E-state index is 0.144. The van der Waals surface area contributed by atoms with Crippen LogP contribution in [-0.4, -0.2) is 25.0 Å². The third-order valence-corrected chi connectivity index (χ3v) is 5.61. The van der Waals surface area contributed by atoms with Gasteiger partial charge in [0.2, 0.25) is 5.91 Å². The third kappa shape index (κ3) is 6.10. The van der Waals surface area contributed by atoms with Crippen molar-refractivity contribution in [2.45, 2.75) is 39.2 Å². The van der Waals surface area contributed by atoms with E-state index in [2.05, 4.69) is 45.4 Å². The fraction of sp³-hybridized carbons (Fsp3) is 0.429. The second-order valence-corrected chi connectivity index (χ2v) is 7.80. The molecule has 5 nitrogen and oxygen atoms in total. The first-order valence-corrected chi connectivity index (χ1v) is 10.6. The van der Waals surface area contributed by atoms with Crippen LogP contribution in [0.3, 0.4) is 0 Å². The van der Waals surface area contributed by atoms with E-state index in [9.17, 15) is 4.79 Å². The van der Waals surface area contributed by atoms with E-state index in [0.717, 1.165) is 49.6 Å². The van der Waals surface area contributed by atoms with Crippen LogP contribution in [0.25, 0.3) is 0 Å². The first kappa shape index (κ1) is 19.4. The second-order valence-electron chi connectivity index (χ2n) is 6.77. The van der Waals surface area contributed by atoms with Crippen LogP contribution in [-0.2, 0) is 17.8 Å². The zero-order chi connectivity index (χ0) is 18.9. The number of carbonyl (C=O) groups is 1. The van der Waals surface area contributed by atoms with Crippen molar-refractivity contribution in [3.05, 3.63) is 52.2 Å². The Morgan fingerprint density at radius 2 is 2.11 bits per heavy atom. The molecule has 2 aromatic rings. The summed E-state index contributed by atoms with van der Waals surface area (Å²) in [6.45, 7) is 4.31. The summed E-state index contributed by atoms with van der Waals surface area (Å²) in [6.07, 6.45) is 4.18. The van der Waals surface area contributed by atoms with Crippen molar-refractivity contribution in [2.24, 2.45) is 10.9 Å². The molecule has 0 atom stereocenters. The Hall–Kier alpha value is -2.34. The van der Waals surface area contributed by atoms with Crippen LogP contribution < -0.4 is 16.0 Å². The standard InChI is InChI=1S/C21H28N4OS/c1-2-22-21(23-12-11-19-10-5-13-27-19)24-15-16-6-3-9-18(14-16)25-20(26)17-7-4-8-17/h3,5-6,9-10,13-14,17H,2,4,7-8,11-12,15H2,1H3,(H,25,26)(H2,22,23,24). The SMILES string of the molecule is CCNC(=NCc1cccc(NC(=O)C2CCC2)c1)NCCc1cccs1. The molecule has 0 radical (unpaired) electrons. The lowest BCUT2D eigenvalue weighted by Gasteiger charge is -2.24. The lowest BCUT2D eigenvalue weighted by Crippen LogP contribution is -2.38. The molecule has 0 bridgehead atoms. The van der Waals surface area contributed by atoms with Gasteiger partial charge < -0.3 is 16.0 Å². The lowest BCUT2D eigenvalue weighted by molar-refractivity contribution is -0.122. The maximum absolute atomic E-state index is 12.1. The molecular formula is C21H28N4OS. The minimum Gasteiger partial charge on any atom is -0.357 e. The van der Waals surface area contributed by atoms with Crippen LogP contribution in [0.5, 0.6) is 0 Å². The number of rotatable bonds is 8. The van der Waals surface area contributed by atoms with Crippen LogP contribution in [0, 0.1) is 5.92 Å². The molecule has 0 saturated heterocycles. The van der Waals surface area contributed by atoms with Crippen LogP contribution in [0.2, 0.25) is 0 Å². The summed E-state index contributed by atoms with van der Waals surface area (Å²) < 4.78 is 0. The van der Waals surface area contributed by atoms with Crippen molar-refractivity contribution in [1.82, 2.24) is 10.6 Å². The molecule has 0 unspecified atom stereocenters. The third-order valence-electron chi connectivity index (χ3n) is 4.68. The number of thiophene rings is 1. The molecule has 3 rings (SSSR count). The molecular weight excluding hydrogens is 356 g/mol. The summed E-state index contributed by atoms with van der Waals surface area (Å²) in [5.41, 5.74) is 1.94. The number of anilines is 1. The van der Waals surface area contributed by atoms with E-state index in [1.165, 1.54) is 11.3 Å². The van der Waals surface area contributed by atoms with Gasteiger partial charge in [-0.1, -0.05) is 24.6 Å². The van der Waals surface area contributed by atoms with Gasteiger partial charge in [-0.25, -0.2) is 4.99 Å². The highest BCUT2D eigenvalue weighted by Crippen LogP contribution is 2.27. The number of nitrogens with one attached hydrogen (secondary N) is 3. The first-order chi connectivity index (χ1) is 13.2. The number of amides is 1. The molecule has 1 saturated carbocycles. The smallest absolute Gasteiger partial charge is 0.227 e. The molecule has 1 aromatic carbocycles. The fourth-order valence-corrected chi connectivity index (χ4v) is 3.64. The predicted octanol–water partition coefficient (Wildman–Crippen LogP) is 3.78. The molecule has 1 aliphatic carbocycles. The zero-order valence-electron chi connectivity index (χ0n) is 15.8. The Kier molecular flexibility index (Phi) is 7.27. The summed E-state index contributed by atoms with van der Waals surface area (Å²) in [7, 11) is 0. The van der Waals surface area contributed by atoms with E-state index >= 15 is 0 Å². The average molecular weight is 385 g/mol. The molecule has 1 aliphatic rings. The summed E-state index contributed by atoms with van der Waals surface area (Å²) in [5, 5.41) is 11.8. The second kappa shape index (κ2) is 10.1. The number of nitrogens with zero attached hydrogens (tertiary/aromatic N) is 1. The lowest BCUT2D eigenvalue weighted by atomic mass is 9.85. The first-order valence-electron chi connectivity index (χ1n) is 9.69. The van der Waals surface area contributed by atoms with Crippen molar-refractivity contribution in [3.63, 3.8) is 0 Å². The molecule has 27 heavy (non-hydrogen) atoms. The van der Waals surface area contributed by atoms with Crippen LogP contribution in [0.4, 0.5) is 5.69 Å². The zero-order valence-corrected chi connectivity index (χ0v) is 16.6. The molecule has 3 N–H and O–H groups in total. The Labute approximate surface area is 165 Å². The number of aliphatic imine (C=N–C) groups is 1. The highest BCUT2D eigenvalue weighted by Gasteiger charge is 2.25. The van der Waals surface area contributed by atoms with E-state index in [-0.39, 0.29) is 11.8 Å². The maximum atomic E-state index is 12.1. The number of carbonyl (C=O) groups excluding carboxylic acids is 1. The van der Waals surface area contributed by atoms with Gasteiger partial charge in [0.25, 0.3) is 0 Å². The van der Waals surface area contributed by atoms with Gasteiger partial charge in [-0.05, 0) is 55.3 Å². The van der Waals surface area contributed by atoms with E-state index in [1.54, 1.807) is 11.3 Å². The monoisotopic (exact) mass is 384 g/mol. The van der Waals surface area contributed by atoms with Gasteiger partial charge in [0, 0.05) is 29.6 Å². The van der Waals surface area contributed by atoms with Gasteiger partial charge in [-0.2, -0.15) is 0 Å². The van der Waals surface area contributed by atoms with Crippen molar-refractivity contribution < 1.29 is 4.79 Å². The van der Waals surface area contributed by atoms with Crippen molar-refractivity contribution in [3.8, 4) is 0 Å². The largest absolute Gasteiger partial charge is 0.357 e. The normalized spacial score (nSPS) is 14.5. The number of benzene rings is 1. The summed E-state index contributed by atoms with van der Waals surface area (Å²) in [5.74, 6) is 1.16. The van der Waals surface area contributed by atoms with Gasteiger partial charge in [-0.15, -0.1) is 11.3 Å². The van der Waals surface area contributed by atoms with E-state index < -0.39 is 0 Å². The van der Waals surface area contributed by atoms with E-state index in [1.807, 2.05) is 24.3 Å². The Morgan fingerprint density at radius 3 is 2.81 bits per heavy atom. The molecule has 1 fully saturated rings. The molecule has 0 spiro atoms. The Balaban J connectivity index is 1.53. The van der Waals surface area contributed by atoms with Crippen molar-refractivity contribution in [2.75, 3.05) is 18.4 Å². The van der Waals surface area contributed by atoms with Crippen molar-refractivity contribution in [1.29, 1.82) is 0 Å². The molecule has 1 aromatic heterocycles. The summed E-state index contributed by atoms with van der Waals surface area (Å²) in [4.78, 5) is 18.2. The van der Waals surface area contributed by atoms with Gasteiger partial charge in [-0.3, -0.25) is 4.79 Å². The highest BCUT2D eigenvalue weighted by molar-refractivity contribution is 7.09. The Morgan fingerprint density at radius 1 is 1.22 bits per heavy atom. The van der Waals surface area contributed by atoms with E-state index in [0.29, 0.717) is 6.54 Å². The van der Waals surface area contributed by atoms with Crippen LogP contribution >= 0.6 is 11.3 Å². The molecule has 144 valence electrons.